The van der Waals surface area contributed by atoms with Gasteiger partial charge < -0.3 is 14.9 Å². The second kappa shape index (κ2) is 8.69. The zero-order valence-electron chi connectivity index (χ0n) is 14.9. The van der Waals surface area contributed by atoms with E-state index in [9.17, 15) is 4.79 Å². The normalized spacial score (nSPS) is 10.7. The Morgan fingerprint density at radius 1 is 1.03 bits per heavy atom. The number of fused-ring (bicyclic) bond motifs is 2. The summed E-state index contributed by atoms with van der Waals surface area (Å²) in [6.45, 7) is 0.0528. The molecule has 1 heterocycles. The van der Waals surface area contributed by atoms with Crippen LogP contribution in [0, 0.1) is 5.41 Å². The number of esters is 1. The lowest BCUT2D eigenvalue weighted by molar-refractivity contribution is 0.0474. The van der Waals surface area contributed by atoms with E-state index in [0.717, 1.165) is 16.5 Å². The maximum Gasteiger partial charge on any atom is 0.338 e. The van der Waals surface area contributed by atoms with Crippen molar-refractivity contribution >= 4 is 71.5 Å². The minimum Gasteiger partial charge on any atom is -0.457 e. The molecule has 0 bridgehead atoms. The molecule has 0 atom stereocenters. The van der Waals surface area contributed by atoms with Crippen molar-refractivity contribution in [2.45, 2.75) is 6.61 Å². The molecule has 29 heavy (non-hydrogen) atoms. The Kier molecular flexibility index (Phi) is 6.45. The fraction of sp³-hybridized carbons (Fsp3) is 0.0476. The molecule has 0 unspecified atom stereocenters. The molecule has 3 N–H and O–H groups in total. The van der Waals surface area contributed by atoms with Crippen molar-refractivity contribution in [2.75, 3.05) is 5.73 Å². The van der Waals surface area contributed by atoms with Gasteiger partial charge in [-0.3, -0.25) is 5.41 Å². The Labute approximate surface area is 193 Å². The highest BCUT2D eigenvalue weighted by Crippen LogP contribution is 2.40. The predicted octanol–water partition coefficient (Wildman–Crippen LogP) is 6.06. The number of anilines is 1. The van der Waals surface area contributed by atoms with Gasteiger partial charge in [0, 0.05) is 22.2 Å². The molecule has 1 aliphatic heterocycles. The summed E-state index contributed by atoms with van der Waals surface area (Å²) in [5.74, 6) is 0.0884. The average Bonchev–Trinajstić information content (AvgIpc) is 2.72. The van der Waals surface area contributed by atoms with E-state index in [1.807, 2.05) is 12.1 Å². The Bertz CT molecular complexity index is 1240. The van der Waals surface area contributed by atoms with Crippen molar-refractivity contribution in [1.82, 2.24) is 0 Å². The van der Waals surface area contributed by atoms with E-state index in [4.69, 9.17) is 20.3 Å². The van der Waals surface area contributed by atoms with Gasteiger partial charge in [0.15, 0.2) is 11.3 Å². The molecule has 148 valence electrons. The van der Waals surface area contributed by atoms with Crippen molar-refractivity contribution < 1.29 is 13.9 Å². The number of halogens is 3. The number of ether oxygens (including phenoxy) is 1. The summed E-state index contributed by atoms with van der Waals surface area (Å²) < 4.78 is 12.8. The van der Waals surface area contributed by atoms with Crippen LogP contribution in [-0.4, -0.2) is 5.97 Å². The average molecular weight is 583 g/mol. The van der Waals surface area contributed by atoms with Gasteiger partial charge in [-0.25, -0.2) is 4.79 Å². The monoisotopic (exact) mass is 580 g/mol. The minimum absolute atomic E-state index is 0. The van der Waals surface area contributed by atoms with Crippen molar-refractivity contribution in [3.05, 3.63) is 80.0 Å². The van der Waals surface area contributed by atoms with Crippen LogP contribution in [0.4, 0.5) is 5.69 Å². The fourth-order valence-corrected chi connectivity index (χ4v) is 3.85. The van der Waals surface area contributed by atoms with Crippen molar-refractivity contribution in [3.63, 3.8) is 0 Å². The van der Waals surface area contributed by atoms with Crippen LogP contribution in [0.1, 0.15) is 15.9 Å². The van der Waals surface area contributed by atoms with E-state index in [1.54, 1.807) is 42.5 Å². The molecule has 2 aromatic carbocycles. The van der Waals surface area contributed by atoms with E-state index in [-0.39, 0.29) is 23.6 Å². The molecule has 1 aliphatic carbocycles. The molecule has 4 rings (SSSR count). The minimum atomic E-state index is -0.409. The molecule has 0 saturated carbocycles. The number of carbonyl (C=O) groups excluding carboxylic acids is 1. The Morgan fingerprint density at radius 2 is 1.76 bits per heavy atom. The van der Waals surface area contributed by atoms with Gasteiger partial charge in [-0.2, -0.15) is 0 Å². The first kappa shape index (κ1) is 21.5. The van der Waals surface area contributed by atoms with Crippen LogP contribution >= 0.6 is 48.8 Å². The third kappa shape index (κ3) is 3.97. The number of rotatable bonds is 3. The molecule has 2 aromatic rings. The number of hydrogen-bond donors (Lipinski definition) is 2. The number of carbonyl (C=O) groups is 1. The van der Waals surface area contributed by atoms with Crippen LogP contribution in [0.2, 0.25) is 0 Å². The lowest BCUT2D eigenvalue weighted by Gasteiger charge is -2.17. The van der Waals surface area contributed by atoms with Gasteiger partial charge in [0.05, 0.1) is 19.9 Å². The first-order chi connectivity index (χ1) is 13.5. The number of nitrogen functional groups attached to an aromatic ring is 1. The van der Waals surface area contributed by atoms with Gasteiger partial charge in [-0.15, -0.1) is 17.0 Å². The molecule has 8 heteroatoms. The van der Waals surface area contributed by atoms with Gasteiger partial charge in [0.25, 0.3) is 0 Å². The van der Waals surface area contributed by atoms with Crippen LogP contribution in [-0.2, 0) is 11.3 Å². The van der Waals surface area contributed by atoms with E-state index >= 15 is 0 Å². The maximum atomic E-state index is 12.4. The SMILES string of the molecule is Br.N=c1ccc2c(COC(=O)c3ccccc3)c3ccc(N)c(Br)c3oc-2c1Br. The molecule has 0 saturated heterocycles. The van der Waals surface area contributed by atoms with E-state index in [2.05, 4.69) is 31.9 Å². The molecule has 0 radical (unpaired) electrons. The second-order valence-corrected chi connectivity index (χ2v) is 7.76. The zero-order valence-corrected chi connectivity index (χ0v) is 19.8. The number of hydrogen-bond acceptors (Lipinski definition) is 5. The van der Waals surface area contributed by atoms with Crippen LogP contribution in [0.15, 0.2) is 68.0 Å². The summed E-state index contributed by atoms with van der Waals surface area (Å²) in [5, 5.41) is 9.10. The van der Waals surface area contributed by atoms with Crippen molar-refractivity contribution in [3.8, 4) is 11.3 Å². The van der Waals surface area contributed by atoms with Gasteiger partial charge in [0.1, 0.15) is 6.61 Å². The first-order valence-electron chi connectivity index (χ1n) is 8.36. The standard InChI is InChI=1S/C21H14Br2N2O3.BrH/c22-17-15(24)8-6-12-14(10-27-21(26)11-4-2-1-3-5-11)13-7-9-16(25)18(23)20(13)28-19(12)17;/h1-9,24H,10,25H2;1H. The molecule has 0 fully saturated rings. The molecular formula is C21H15Br3N2O3. The van der Waals surface area contributed by atoms with Gasteiger partial charge >= 0.3 is 5.97 Å². The van der Waals surface area contributed by atoms with E-state index in [0.29, 0.717) is 36.9 Å². The third-order valence-electron chi connectivity index (χ3n) is 4.44. The van der Waals surface area contributed by atoms with Crippen molar-refractivity contribution in [2.24, 2.45) is 0 Å². The van der Waals surface area contributed by atoms with E-state index < -0.39 is 5.97 Å². The van der Waals surface area contributed by atoms with Crippen molar-refractivity contribution in [1.29, 1.82) is 5.41 Å². The van der Waals surface area contributed by atoms with Crippen LogP contribution < -0.4 is 11.1 Å². The van der Waals surface area contributed by atoms with Crippen LogP contribution in [0.25, 0.3) is 22.3 Å². The molecule has 0 amide bonds. The summed E-state index contributed by atoms with van der Waals surface area (Å²) in [7, 11) is 0. The molecule has 2 aliphatic rings. The lowest BCUT2D eigenvalue weighted by atomic mass is 10.00. The summed E-state index contributed by atoms with van der Waals surface area (Å²) in [6, 6.07) is 15.9. The third-order valence-corrected chi connectivity index (χ3v) is 6.04. The van der Waals surface area contributed by atoms with Gasteiger partial charge in [0.2, 0.25) is 0 Å². The van der Waals surface area contributed by atoms with Gasteiger partial charge in [-0.1, -0.05) is 18.2 Å². The predicted molar refractivity (Wildman–Crippen MR) is 124 cm³/mol. The second-order valence-electron chi connectivity index (χ2n) is 6.17. The molecule has 0 spiro atoms. The topological polar surface area (TPSA) is 89.3 Å². The molecule has 0 aromatic heterocycles. The summed E-state index contributed by atoms with van der Waals surface area (Å²) in [5.41, 5.74) is 9.09. The largest absolute Gasteiger partial charge is 0.457 e. The summed E-state index contributed by atoms with van der Waals surface area (Å²) in [6.07, 6.45) is 0. The number of nitrogens with two attached hydrogens (primary N) is 1. The van der Waals surface area contributed by atoms with Crippen LogP contribution in [0.3, 0.4) is 0 Å². The smallest absolute Gasteiger partial charge is 0.338 e. The van der Waals surface area contributed by atoms with E-state index in [1.165, 1.54) is 0 Å². The Balaban J connectivity index is 0.00000240. The summed E-state index contributed by atoms with van der Waals surface area (Å²) >= 11 is 6.90. The fourth-order valence-electron chi connectivity index (χ4n) is 3.00. The van der Waals surface area contributed by atoms with Crippen LogP contribution in [0.5, 0.6) is 0 Å². The first-order valence-corrected chi connectivity index (χ1v) is 9.94. The molecule has 5 nitrogen and oxygen atoms in total. The zero-order chi connectivity index (χ0) is 19.8. The Hall–Kier alpha value is -2.16. The number of nitrogens with one attached hydrogen (secondary N) is 1. The highest BCUT2D eigenvalue weighted by atomic mass is 79.9. The highest BCUT2D eigenvalue weighted by Gasteiger charge is 2.22. The quantitative estimate of drug-likeness (QED) is 0.175. The van der Waals surface area contributed by atoms with Gasteiger partial charge in [-0.05, 0) is 68.3 Å². The lowest BCUT2D eigenvalue weighted by Crippen LogP contribution is -2.09. The number of benzene rings is 3. The molecular weight excluding hydrogens is 568 g/mol. The Morgan fingerprint density at radius 3 is 2.48 bits per heavy atom. The highest BCUT2D eigenvalue weighted by molar-refractivity contribution is 9.11. The maximum absolute atomic E-state index is 12.4. The summed E-state index contributed by atoms with van der Waals surface area (Å²) in [4.78, 5) is 12.4.